The number of benzene rings is 1. The summed E-state index contributed by atoms with van der Waals surface area (Å²) in [5.74, 6) is 0.938. The van der Waals surface area contributed by atoms with Gasteiger partial charge in [0.2, 0.25) is 0 Å². The van der Waals surface area contributed by atoms with Crippen LogP contribution in [-0.2, 0) is 11.8 Å². The number of rotatable bonds is 2. The molecule has 0 radical (unpaired) electrons. The fourth-order valence-corrected chi connectivity index (χ4v) is 2.87. The van der Waals surface area contributed by atoms with E-state index in [1.54, 1.807) is 10.6 Å². The van der Waals surface area contributed by atoms with E-state index in [0.29, 0.717) is 6.61 Å². The standard InChI is InChI=1S/C16H17BrN2O2/c1-18-15(3-2-4-16(18)20)19-9-10-21-14(11-19)12-5-7-13(17)8-6-12/h2-8,14H,9-11H2,1H3. The van der Waals surface area contributed by atoms with Gasteiger partial charge in [-0.2, -0.15) is 0 Å². The van der Waals surface area contributed by atoms with E-state index in [0.717, 1.165) is 28.9 Å². The van der Waals surface area contributed by atoms with Gasteiger partial charge in [-0.1, -0.05) is 34.1 Å². The molecule has 21 heavy (non-hydrogen) atoms. The minimum Gasteiger partial charge on any atom is -0.370 e. The second-order valence-corrected chi connectivity index (χ2v) is 6.05. The van der Waals surface area contributed by atoms with Crippen molar-refractivity contribution in [2.24, 2.45) is 7.05 Å². The topological polar surface area (TPSA) is 34.5 Å². The molecule has 0 N–H and O–H groups in total. The average molecular weight is 349 g/mol. The molecule has 0 spiro atoms. The van der Waals surface area contributed by atoms with Crippen LogP contribution >= 0.6 is 15.9 Å². The largest absolute Gasteiger partial charge is 0.370 e. The van der Waals surface area contributed by atoms with E-state index in [-0.39, 0.29) is 11.7 Å². The van der Waals surface area contributed by atoms with Crippen molar-refractivity contribution in [1.29, 1.82) is 0 Å². The molecule has 3 rings (SSSR count). The highest BCUT2D eigenvalue weighted by Gasteiger charge is 2.23. The maximum absolute atomic E-state index is 11.8. The zero-order valence-electron chi connectivity index (χ0n) is 11.8. The Labute approximate surface area is 132 Å². The summed E-state index contributed by atoms with van der Waals surface area (Å²) in [5.41, 5.74) is 1.17. The Morgan fingerprint density at radius 1 is 1.19 bits per heavy atom. The molecule has 2 heterocycles. The second-order valence-electron chi connectivity index (χ2n) is 5.14. The van der Waals surface area contributed by atoms with E-state index < -0.39 is 0 Å². The van der Waals surface area contributed by atoms with Gasteiger partial charge in [0, 0.05) is 30.7 Å². The first-order chi connectivity index (χ1) is 10.1. The molecule has 1 aliphatic rings. The molecule has 0 aliphatic carbocycles. The summed E-state index contributed by atoms with van der Waals surface area (Å²) in [5, 5.41) is 0. The van der Waals surface area contributed by atoms with Crippen LogP contribution in [0.1, 0.15) is 11.7 Å². The second kappa shape index (κ2) is 6.03. The minimum atomic E-state index is 0.0131. The van der Waals surface area contributed by atoms with Gasteiger partial charge in [0.05, 0.1) is 6.61 Å². The molecule has 0 saturated carbocycles. The van der Waals surface area contributed by atoms with Gasteiger partial charge in [-0.05, 0) is 23.8 Å². The SMILES string of the molecule is Cn1c(N2CCOC(c3ccc(Br)cc3)C2)cccc1=O. The summed E-state index contributed by atoms with van der Waals surface area (Å²) in [6, 6.07) is 13.6. The van der Waals surface area contributed by atoms with Crippen LogP contribution in [0.3, 0.4) is 0 Å². The highest BCUT2D eigenvalue weighted by molar-refractivity contribution is 9.10. The summed E-state index contributed by atoms with van der Waals surface area (Å²) in [4.78, 5) is 14.0. The lowest BCUT2D eigenvalue weighted by Crippen LogP contribution is -2.40. The Balaban J connectivity index is 1.84. The van der Waals surface area contributed by atoms with E-state index >= 15 is 0 Å². The first kappa shape index (κ1) is 14.4. The molecule has 0 bridgehead atoms. The predicted molar refractivity (Wildman–Crippen MR) is 86.7 cm³/mol. The van der Waals surface area contributed by atoms with Gasteiger partial charge in [-0.15, -0.1) is 0 Å². The van der Waals surface area contributed by atoms with Crippen LogP contribution in [0.25, 0.3) is 0 Å². The van der Waals surface area contributed by atoms with Crippen molar-refractivity contribution in [1.82, 2.24) is 4.57 Å². The monoisotopic (exact) mass is 348 g/mol. The molecule has 1 atom stereocenters. The number of morpholine rings is 1. The predicted octanol–water partition coefficient (Wildman–Crippen LogP) is 2.73. The zero-order valence-corrected chi connectivity index (χ0v) is 13.4. The number of aromatic nitrogens is 1. The van der Waals surface area contributed by atoms with Crippen molar-refractivity contribution in [3.05, 3.63) is 62.9 Å². The molecule has 4 nitrogen and oxygen atoms in total. The van der Waals surface area contributed by atoms with Gasteiger partial charge in [0.25, 0.3) is 5.56 Å². The van der Waals surface area contributed by atoms with Crippen LogP contribution in [0.15, 0.2) is 51.7 Å². The smallest absolute Gasteiger partial charge is 0.251 e. The quantitative estimate of drug-likeness (QED) is 0.836. The highest BCUT2D eigenvalue weighted by Crippen LogP contribution is 2.26. The Morgan fingerprint density at radius 2 is 1.95 bits per heavy atom. The van der Waals surface area contributed by atoms with Crippen molar-refractivity contribution >= 4 is 21.7 Å². The van der Waals surface area contributed by atoms with Gasteiger partial charge >= 0.3 is 0 Å². The summed E-state index contributed by atoms with van der Waals surface area (Å²) < 4.78 is 8.63. The summed E-state index contributed by atoms with van der Waals surface area (Å²) in [6.45, 7) is 2.20. The molecule has 5 heteroatoms. The molecule has 1 aliphatic heterocycles. The number of halogens is 1. The first-order valence-electron chi connectivity index (χ1n) is 6.93. The third-order valence-corrected chi connectivity index (χ3v) is 4.32. The Bertz CT molecular complexity index is 681. The normalized spacial score (nSPS) is 18.8. The molecule has 1 aromatic carbocycles. The van der Waals surface area contributed by atoms with E-state index in [2.05, 4.69) is 33.0 Å². The fraction of sp³-hybridized carbons (Fsp3) is 0.312. The van der Waals surface area contributed by atoms with Gasteiger partial charge in [-0.3, -0.25) is 9.36 Å². The van der Waals surface area contributed by atoms with Crippen molar-refractivity contribution in [2.45, 2.75) is 6.10 Å². The first-order valence-corrected chi connectivity index (χ1v) is 7.72. The van der Waals surface area contributed by atoms with E-state index in [9.17, 15) is 4.79 Å². The van der Waals surface area contributed by atoms with Crippen molar-refractivity contribution in [2.75, 3.05) is 24.6 Å². The van der Waals surface area contributed by atoms with Gasteiger partial charge in [-0.25, -0.2) is 0 Å². The number of nitrogens with zero attached hydrogens (tertiary/aromatic N) is 2. The molecule has 1 aromatic heterocycles. The lowest BCUT2D eigenvalue weighted by atomic mass is 10.1. The third-order valence-electron chi connectivity index (χ3n) is 3.79. The van der Waals surface area contributed by atoms with Gasteiger partial charge in [0.15, 0.2) is 0 Å². The lowest BCUT2D eigenvalue weighted by molar-refractivity contribution is 0.0393. The number of ether oxygens (including phenoxy) is 1. The van der Waals surface area contributed by atoms with Gasteiger partial charge < -0.3 is 9.64 Å². The third kappa shape index (κ3) is 3.04. The number of hydrogen-bond donors (Lipinski definition) is 0. The molecular weight excluding hydrogens is 332 g/mol. The van der Waals surface area contributed by atoms with Crippen LogP contribution < -0.4 is 10.5 Å². The molecule has 2 aromatic rings. The van der Waals surface area contributed by atoms with Crippen molar-refractivity contribution < 1.29 is 4.74 Å². The fourth-order valence-electron chi connectivity index (χ4n) is 2.61. The molecule has 1 fully saturated rings. The van der Waals surface area contributed by atoms with Crippen LogP contribution in [0.2, 0.25) is 0 Å². The number of hydrogen-bond acceptors (Lipinski definition) is 3. The molecule has 1 saturated heterocycles. The maximum Gasteiger partial charge on any atom is 0.251 e. The van der Waals surface area contributed by atoms with Gasteiger partial charge in [0.1, 0.15) is 11.9 Å². The van der Waals surface area contributed by atoms with E-state index in [1.165, 1.54) is 0 Å². The van der Waals surface area contributed by atoms with E-state index in [4.69, 9.17) is 4.74 Å². The Morgan fingerprint density at radius 3 is 2.71 bits per heavy atom. The molecule has 0 amide bonds. The number of anilines is 1. The average Bonchev–Trinajstić information content (AvgIpc) is 2.51. The van der Waals surface area contributed by atoms with Crippen LogP contribution in [0.4, 0.5) is 5.82 Å². The van der Waals surface area contributed by atoms with Crippen LogP contribution in [0.5, 0.6) is 0 Å². The van der Waals surface area contributed by atoms with Crippen molar-refractivity contribution in [3.8, 4) is 0 Å². The van der Waals surface area contributed by atoms with Crippen LogP contribution in [0, 0.1) is 0 Å². The minimum absolute atomic E-state index is 0.0131. The zero-order chi connectivity index (χ0) is 14.8. The summed E-state index contributed by atoms with van der Waals surface area (Å²) >= 11 is 3.45. The molecule has 1 unspecified atom stereocenters. The number of pyridine rings is 1. The van der Waals surface area contributed by atoms with Crippen LogP contribution in [-0.4, -0.2) is 24.3 Å². The lowest BCUT2D eigenvalue weighted by Gasteiger charge is -2.35. The Hall–Kier alpha value is -1.59. The van der Waals surface area contributed by atoms with E-state index in [1.807, 2.05) is 31.3 Å². The Kier molecular flexibility index (Phi) is 4.12. The molecular formula is C16H17BrN2O2. The maximum atomic E-state index is 11.8. The highest BCUT2D eigenvalue weighted by atomic mass is 79.9. The molecule has 110 valence electrons. The summed E-state index contributed by atoms with van der Waals surface area (Å²) in [6.07, 6.45) is 0.0298. The summed E-state index contributed by atoms with van der Waals surface area (Å²) in [7, 11) is 1.81. The van der Waals surface area contributed by atoms with Crippen molar-refractivity contribution in [3.63, 3.8) is 0 Å².